The highest BCUT2D eigenvalue weighted by atomic mass is 32.1. The van der Waals surface area contributed by atoms with Gasteiger partial charge in [-0.25, -0.2) is 0 Å². The summed E-state index contributed by atoms with van der Waals surface area (Å²) in [5.41, 5.74) is 1.21. The summed E-state index contributed by atoms with van der Waals surface area (Å²) >= 11 is 3.47. The molecule has 0 amide bonds. The van der Waals surface area contributed by atoms with Crippen LogP contribution in [-0.4, -0.2) is 0 Å². The molecule has 0 N–H and O–H groups in total. The molecule has 0 fully saturated rings. The van der Waals surface area contributed by atoms with Crippen molar-refractivity contribution in [2.24, 2.45) is 0 Å². The fourth-order valence-corrected chi connectivity index (χ4v) is 4.10. The largest absolute Gasteiger partial charge is 0.127 e. The lowest BCUT2D eigenvalue weighted by Gasteiger charge is -1.89. The van der Waals surface area contributed by atoms with Crippen molar-refractivity contribution in [2.75, 3.05) is 0 Å². The molecule has 2 heteroatoms. The van der Waals surface area contributed by atoms with Crippen molar-refractivity contribution in [3.8, 4) is 11.8 Å². The Morgan fingerprint density at radius 1 is 0.667 bits per heavy atom. The van der Waals surface area contributed by atoms with Gasteiger partial charge in [-0.2, -0.15) is 0 Å². The van der Waals surface area contributed by atoms with Gasteiger partial charge in [-0.15, -0.1) is 22.7 Å². The van der Waals surface area contributed by atoms with E-state index in [9.17, 15) is 0 Å². The van der Waals surface area contributed by atoms with E-state index in [2.05, 4.69) is 90.7 Å². The lowest BCUT2D eigenvalue weighted by Crippen LogP contribution is -1.67. The summed E-state index contributed by atoms with van der Waals surface area (Å²) in [6, 6.07) is 25.1. The molecule has 24 heavy (non-hydrogen) atoms. The van der Waals surface area contributed by atoms with Crippen LogP contribution in [0.4, 0.5) is 0 Å². The van der Waals surface area contributed by atoms with E-state index in [1.165, 1.54) is 20.5 Å². The molecule has 0 aliphatic carbocycles. The Balaban J connectivity index is 1.52. The molecular weight excluding hydrogens is 328 g/mol. The number of benzene rings is 2. The summed E-state index contributed by atoms with van der Waals surface area (Å²) < 4.78 is 1.29. The molecule has 4 aromatic rings. The molecular formula is C22H14S2. The fraction of sp³-hybridized carbons (Fsp3) is 0. The van der Waals surface area contributed by atoms with Crippen LogP contribution in [0, 0.1) is 11.8 Å². The van der Waals surface area contributed by atoms with Crippen molar-refractivity contribution in [3.63, 3.8) is 0 Å². The number of hydrogen-bond donors (Lipinski definition) is 0. The average Bonchev–Trinajstić information content (AvgIpc) is 3.25. The zero-order valence-electron chi connectivity index (χ0n) is 12.9. The first kappa shape index (κ1) is 15.0. The molecule has 0 unspecified atom stereocenters. The van der Waals surface area contributed by atoms with Crippen LogP contribution in [0.15, 0.2) is 72.8 Å². The third-order valence-electron chi connectivity index (χ3n) is 3.60. The van der Waals surface area contributed by atoms with Gasteiger partial charge in [0.15, 0.2) is 0 Å². The van der Waals surface area contributed by atoms with Gasteiger partial charge in [0, 0.05) is 9.58 Å². The Labute approximate surface area is 149 Å². The molecule has 0 saturated heterocycles. The van der Waals surface area contributed by atoms with E-state index in [0.29, 0.717) is 0 Å². The number of hydrogen-bond acceptors (Lipinski definition) is 2. The van der Waals surface area contributed by atoms with Gasteiger partial charge in [0.2, 0.25) is 0 Å². The van der Waals surface area contributed by atoms with E-state index in [-0.39, 0.29) is 0 Å². The van der Waals surface area contributed by atoms with E-state index in [0.717, 1.165) is 9.75 Å². The Morgan fingerprint density at radius 3 is 2.33 bits per heavy atom. The minimum Gasteiger partial charge on any atom is -0.127 e. The average molecular weight is 342 g/mol. The van der Waals surface area contributed by atoms with Gasteiger partial charge >= 0.3 is 0 Å². The zero-order chi connectivity index (χ0) is 16.2. The first-order chi connectivity index (χ1) is 11.9. The maximum absolute atomic E-state index is 3.29. The molecule has 0 nitrogen and oxygen atoms in total. The lowest BCUT2D eigenvalue weighted by atomic mass is 10.2. The summed E-state index contributed by atoms with van der Waals surface area (Å²) in [6.45, 7) is 0. The van der Waals surface area contributed by atoms with Crippen LogP contribution in [-0.2, 0) is 0 Å². The standard InChI is InChI=1S/C22H14S2/c1-2-6-17(7-3-1)10-11-19-12-13-20(23-19)14-15-21-16-18-8-4-5-9-22(18)24-21/h1-13,16H/b11-10+. The van der Waals surface area contributed by atoms with E-state index in [1.807, 2.05) is 6.07 Å². The summed E-state index contributed by atoms with van der Waals surface area (Å²) in [6.07, 6.45) is 4.28. The van der Waals surface area contributed by atoms with Crippen molar-refractivity contribution >= 4 is 44.9 Å². The smallest absolute Gasteiger partial charge is 0.0785 e. The monoisotopic (exact) mass is 342 g/mol. The van der Waals surface area contributed by atoms with Crippen molar-refractivity contribution in [2.45, 2.75) is 0 Å². The molecule has 0 spiro atoms. The molecule has 0 bridgehead atoms. The minimum atomic E-state index is 1.10. The van der Waals surface area contributed by atoms with Gasteiger partial charge in [0.05, 0.1) is 9.75 Å². The Kier molecular flexibility index (Phi) is 4.29. The highest BCUT2D eigenvalue weighted by Gasteiger charge is 1.98. The predicted octanol–water partition coefficient (Wildman–Crippen LogP) is 6.53. The maximum Gasteiger partial charge on any atom is 0.0785 e. The molecule has 114 valence electrons. The molecule has 0 atom stereocenters. The number of fused-ring (bicyclic) bond motifs is 1. The highest BCUT2D eigenvalue weighted by Crippen LogP contribution is 2.25. The van der Waals surface area contributed by atoms with Crippen LogP contribution in [0.5, 0.6) is 0 Å². The second kappa shape index (κ2) is 6.88. The number of thiophene rings is 2. The summed E-state index contributed by atoms with van der Waals surface area (Å²) in [5, 5.41) is 1.27. The maximum atomic E-state index is 3.29. The zero-order valence-corrected chi connectivity index (χ0v) is 14.5. The highest BCUT2D eigenvalue weighted by molar-refractivity contribution is 7.19. The molecule has 2 aromatic carbocycles. The van der Waals surface area contributed by atoms with E-state index in [4.69, 9.17) is 0 Å². The van der Waals surface area contributed by atoms with Crippen LogP contribution in [0.1, 0.15) is 20.2 Å². The van der Waals surface area contributed by atoms with E-state index < -0.39 is 0 Å². The summed E-state index contributed by atoms with van der Waals surface area (Å²) in [5.74, 6) is 6.58. The topological polar surface area (TPSA) is 0 Å². The van der Waals surface area contributed by atoms with Crippen molar-refractivity contribution in [1.82, 2.24) is 0 Å². The Hall–Kier alpha value is -2.60. The third kappa shape index (κ3) is 3.49. The van der Waals surface area contributed by atoms with Crippen LogP contribution in [0.3, 0.4) is 0 Å². The first-order valence-corrected chi connectivity index (χ1v) is 9.34. The predicted molar refractivity (Wildman–Crippen MR) is 107 cm³/mol. The molecule has 4 rings (SSSR count). The quantitative estimate of drug-likeness (QED) is 0.363. The van der Waals surface area contributed by atoms with Crippen LogP contribution in [0.2, 0.25) is 0 Å². The minimum absolute atomic E-state index is 1.10. The fourth-order valence-electron chi connectivity index (χ4n) is 2.42. The molecule has 0 aliphatic heterocycles. The molecule has 2 heterocycles. The SMILES string of the molecule is C(#Cc1cc2ccccc2s1)c1ccc(/C=C/c2ccccc2)s1. The molecule has 0 saturated carbocycles. The number of rotatable bonds is 2. The van der Waals surface area contributed by atoms with Crippen molar-refractivity contribution in [1.29, 1.82) is 0 Å². The molecule has 2 aromatic heterocycles. The van der Waals surface area contributed by atoms with Gasteiger partial charge in [-0.05, 0) is 53.1 Å². The lowest BCUT2D eigenvalue weighted by molar-refractivity contribution is 1.67. The normalized spacial score (nSPS) is 10.8. The Morgan fingerprint density at radius 2 is 1.46 bits per heavy atom. The van der Waals surface area contributed by atoms with Crippen LogP contribution >= 0.6 is 22.7 Å². The van der Waals surface area contributed by atoms with Gasteiger partial charge in [-0.1, -0.05) is 54.6 Å². The van der Waals surface area contributed by atoms with Gasteiger partial charge in [0.1, 0.15) is 0 Å². The third-order valence-corrected chi connectivity index (χ3v) is 5.60. The van der Waals surface area contributed by atoms with E-state index >= 15 is 0 Å². The van der Waals surface area contributed by atoms with Crippen LogP contribution in [0.25, 0.3) is 22.2 Å². The Bertz CT molecular complexity index is 1020. The van der Waals surface area contributed by atoms with E-state index in [1.54, 1.807) is 22.7 Å². The van der Waals surface area contributed by atoms with Gasteiger partial charge in [-0.3, -0.25) is 0 Å². The van der Waals surface area contributed by atoms with Crippen molar-refractivity contribution < 1.29 is 0 Å². The van der Waals surface area contributed by atoms with Gasteiger partial charge in [0.25, 0.3) is 0 Å². The van der Waals surface area contributed by atoms with Gasteiger partial charge < -0.3 is 0 Å². The van der Waals surface area contributed by atoms with Crippen LogP contribution < -0.4 is 0 Å². The summed E-state index contributed by atoms with van der Waals surface area (Å²) in [7, 11) is 0. The molecule has 0 radical (unpaired) electrons. The molecule has 0 aliphatic rings. The van der Waals surface area contributed by atoms with Crippen molar-refractivity contribution in [3.05, 3.63) is 93.0 Å². The first-order valence-electron chi connectivity index (χ1n) is 7.70. The second-order valence-electron chi connectivity index (χ2n) is 5.34. The summed E-state index contributed by atoms with van der Waals surface area (Å²) in [4.78, 5) is 3.44. The second-order valence-corrected chi connectivity index (χ2v) is 7.54.